The molecule has 2 aromatic carbocycles. The van der Waals surface area contributed by atoms with Gasteiger partial charge in [-0.2, -0.15) is 0 Å². The van der Waals surface area contributed by atoms with Gasteiger partial charge in [-0.05, 0) is 42.7 Å². The first-order valence-corrected chi connectivity index (χ1v) is 6.62. The van der Waals surface area contributed by atoms with E-state index in [0.29, 0.717) is 19.4 Å². The van der Waals surface area contributed by atoms with Crippen LogP contribution in [-0.2, 0) is 6.42 Å². The Hall–Kier alpha value is -2.30. The number of carbonyl (C=O) groups excluding carboxylic acids is 1. The smallest absolute Gasteiger partial charge is 0.258 e. The molecule has 0 radical (unpaired) electrons. The molecule has 5 heteroatoms. The van der Waals surface area contributed by atoms with Gasteiger partial charge in [0.25, 0.3) is 5.91 Å². The number of rotatable bonds is 1. The van der Waals surface area contributed by atoms with Crippen molar-refractivity contribution in [2.45, 2.75) is 12.8 Å². The Labute approximate surface area is 119 Å². The highest BCUT2D eigenvalue weighted by molar-refractivity contribution is 6.06. The van der Waals surface area contributed by atoms with Crippen molar-refractivity contribution in [2.24, 2.45) is 0 Å². The summed E-state index contributed by atoms with van der Waals surface area (Å²) in [5, 5.41) is 0. The largest absolute Gasteiger partial charge is 0.305 e. The van der Waals surface area contributed by atoms with Crippen LogP contribution in [0.5, 0.6) is 0 Å². The number of hydrogen-bond acceptors (Lipinski definition) is 1. The molecule has 21 heavy (non-hydrogen) atoms. The Balaban J connectivity index is 2.02. The number of para-hydroxylation sites is 1. The zero-order valence-electron chi connectivity index (χ0n) is 11.1. The molecule has 1 aliphatic heterocycles. The van der Waals surface area contributed by atoms with Crippen LogP contribution >= 0.6 is 0 Å². The van der Waals surface area contributed by atoms with E-state index >= 15 is 0 Å². The first-order valence-electron chi connectivity index (χ1n) is 6.62. The van der Waals surface area contributed by atoms with Gasteiger partial charge in [0.2, 0.25) is 0 Å². The van der Waals surface area contributed by atoms with Gasteiger partial charge < -0.3 is 4.90 Å². The molecule has 2 nitrogen and oxygen atoms in total. The van der Waals surface area contributed by atoms with Gasteiger partial charge in [-0.15, -0.1) is 0 Å². The van der Waals surface area contributed by atoms with Crippen molar-refractivity contribution < 1.29 is 18.0 Å². The highest BCUT2D eigenvalue weighted by Crippen LogP contribution is 2.31. The van der Waals surface area contributed by atoms with E-state index in [2.05, 4.69) is 0 Å². The number of nitrogens with zero attached hydrogens (tertiary/aromatic N) is 1. The molecule has 0 bridgehead atoms. The Morgan fingerprint density at radius 1 is 1.00 bits per heavy atom. The summed E-state index contributed by atoms with van der Waals surface area (Å²) in [6, 6.07) is 7.59. The van der Waals surface area contributed by atoms with Crippen LogP contribution in [0.15, 0.2) is 36.4 Å². The van der Waals surface area contributed by atoms with Crippen LogP contribution in [0.1, 0.15) is 22.3 Å². The molecular formula is C16H12F3NO. The van der Waals surface area contributed by atoms with Gasteiger partial charge in [-0.3, -0.25) is 4.79 Å². The lowest BCUT2D eigenvalue weighted by Gasteiger charge is -2.29. The van der Waals surface area contributed by atoms with Crippen molar-refractivity contribution in [2.75, 3.05) is 11.4 Å². The second kappa shape index (κ2) is 5.24. The Morgan fingerprint density at radius 3 is 2.57 bits per heavy atom. The monoisotopic (exact) mass is 291 g/mol. The summed E-state index contributed by atoms with van der Waals surface area (Å²) in [6.45, 7) is 0.353. The molecule has 0 aliphatic carbocycles. The van der Waals surface area contributed by atoms with Gasteiger partial charge in [-0.25, -0.2) is 13.2 Å². The van der Waals surface area contributed by atoms with Crippen molar-refractivity contribution in [1.29, 1.82) is 0 Å². The lowest BCUT2D eigenvalue weighted by molar-refractivity contribution is 0.0983. The summed E-state index contributed by atoms with van der Waals surface area (Å²) in [4.78, 5) is 13.7. The van der Waals surface area contributed by atoms with Crippen molar-refractivity contribution in [3.63, 3.8) is 0 Å². The molecule has 2 aromatic rings. The van der Waals surface area contributed by atoms with E-state index in [1.165, 1.54) is 17.0 Å². The van der Waals surface area contributed by atoms with E-state index in [0.717, 1.165) is 17.7 Å². The predicted molar refractivity (Wildman–Crippen MR) is 72.8 cm³/mol. The third-order valence-corrected chi connectivity index (χ3v) is 3.58. The summed E-state index contributed by atoms with van der Waals surface area (Å²) < 4.78 is 40.2. The molecule has 108 valence electrons. The Morgan fingerprint density at radius 2 is 1.81 bits per heavy atom. The predicted octanol–water partition coefficient (Wildman–Crippen LogP) is 3.70. The average molecular weight is 291 g/mol. The molecule has 0 unspecified atom stereocenters. The topological polar surface area (TPSA) is 20.3 Å². The first-order chi connectivity index (χ1) is 10.1. The van der Waals surface area contributed by atoms with Crippen molar-refractivity contribution >= 4 is 11.6 Å². The summed E-state index contributed by atoms with van der Waals surface area (Å²) in [7, 11) is 0. The second-order valence-electron chi connectivity index (χ2n) is 4.94. The minimum absolute atomic E-state index is 0.00463. The molecule has 0 fully saturated rings. The summed E-state index contributed by atoms with van der Waals surface area (Å²) in [6.07, 6.45) is 1.39. The lowest BCUT2D eigenvalue weighted by Crippen LogP contribution is -2.36. The van der Waals surface area contributed by atoms with Gasteiger partial charge in [0, 0.05) is 12.1 Å². The maximum Gasteiger partial charge on any atom is 0.258 e. The average Bonchev–Trinajstić information content (AvgIpc) is 2.49. The number of anilines is 1. The fraction of sp³-hybridized carbons (Fsp3) is 0.188. The summed E-state index contributed by atoms with van der Waals surface area (Å²) in [5.41, 5.74) is 0.987. The maximum absolute atomic E-state index is 14.0. The number of hydrogen-bond donors (Lipinski definition) is 0. The molecule has 0 saturated carbocycles. The van der Waals surface area contributed by atoms with E-state index in [4.69, 9.17) is 0 Å². The standard InChI is InChI=1S/C16H12F3NO/c17-12-7-6-11(9-14(12)19)16(21)20-8-2-4-10-3-1-5-13(18)15(10)20/h1,3,5-7,9H,2,4,8H2. The fourth-order valence-corrected chi connectivity index (χ4v) is 2.59. The van der Waals surface area contributed by atoms with Gasteiger partial charge in [0.15, 0.2) is 11.6 Å². The molecule has 0 N–H and O–H groups in total. The number of aryl methyl sites for hydroxylation is 1. The fourth-order valence-electron chi connectivity index (χ4n) is 2.59. The van der Waals surface area contributed by atoms with Crippen LogP contribution in [0.2, 0.25) is 0 Å². The zero-order valence-corrected chi connectivity index (χ0v) is 11.1. The number of fused-ring (bicyclic) bond motifs is 1. The van der Waals surface area contributed by atoms with Gasteiger partial charge in [-0.1, -0.05) is 12.1 Å². The van der Waals surface area contributed by atoms with Crippen LogP contribution < -0.4 is 4.90 Å². The molecule has 1 amide bonds. The normalized spacial score (nSPS) is 14.0. The Bertz CT molecular complexity index is 715. The van der Waals surface area contributed by atoms with Crippen LogP contribution in [0.4, 0.5) is 18.9 Å². The lowest BCUT2D eigenvalue weighted by atomic mass is 10.0. The quantitative estimate of drug-likeness (QED) is 0.784. The molecule has 0 atom stereocenters. The molecule has 0 spiro atoms. The van der Waals surface area contributed by atoms with Crippen LogP contribution in [0.25, 0.3) is 0 Å². The third kappa shape index (κ3) is 2.39. The molecule has 3 rings (SSSR count). The van der Waals surface area contributed by atoms with E-state index in [9.17, 15) is 18.0 Å². The SMILES string of the molecule is O=C(c1ccc(F)c(F)c1)N1CCCc2cccc(F)c21. The van der Waals surface area contributed by atoms with Crippen LogP contribution in [0, 0.1) is 17.5 Å². The number of amides is 1. The van der Waals surface area contributed by atoms with Crippen molar-refractivity contribution in [3.05, 3.63) is 65.0 Å². The number of halogens is 3. The highest BCUT2D eigenvalue weighted by Gasteiger charge is 2.26. The molecule has 0 aromatic heterocycles. The first kappa shape index (κ1) is 13.7. The van der Waals surface area contributed by atoms with Crippen LogP contribution in [-0.4, -0.2) is 12.5 Å². The summed E-state index contributed by atoms with van der Waals surface area (Å²) in [5.74, 6) is -3.12. The molecule has 1 aliphatic rings. The molecular weight excluding hydrogens is 279 g/mol. The number of carbonyl (C=O) groups is 1. The third-order valence-electron chi connectivity index (χ3n) is 3.58. The van der Waals surface area contributed by atoms with Crippen molar-refractivity contribution in [1.82, 2.24) is 0 Å². The summed E-state index contributed by atoms with van der Waals surface area (Å²) >= 11 is 0. The minimum Gasteiger partial charge on any atom is -0.305 e. The van der Waals surface area contributed by atoms with Gasteiger partial charge in [0.05, 0.1) is 5.69 Å². The zero-order chi connectivity index (χ0) is 15.0. The van der Waals surface area contributed by atoms with Crippen LogP contribution in [0.3, 0.4) is 0 Å². The van der Waals surface area contributed by atoms with Gasteiger partial charge in [0.1, 0.15) is 5.82 Å². The second-order valence-corrected chi connectivity index (χ2v) is 4.94. The van der Waals surface area contributed by atoms with Gasteiger partial charge >= 0.3 is 0 Å². The van der Waals surface area contributed by atoms with E-state index < -0.39 is 23.4 Å². The van der Waals surface area contributed by atoms with Crippen molar-refractivity contribution in [3.8, 4) is 0 Å². The van der Waals surface area contributed by atoms with E-state index in [1.807, 2.05) is 0 Å². The van der Waals surface area contributed by atoms with E-state index in [1.54, 1.807) is 12.1 Å². The highest BCUT2D eigenvalue weighted by atomic mass is 19.2. The van der Waals surface area contributed by atoms with E-state index in [-0.39, 0.29) is 11.3 Å². The Kier molecular flexibility index (Phi) is 3.41. The maximum atomic E-state index is 14.0. The molecule has 0 saturated heterocycles. The number of benzene rings is 2. The molecule has 1 heterocycles. The minimum atomic E-state index is -1.09.